The van der Waals surface area contributed by atoms with Gasteiger partial charge in [-0.05, 0) is 48.4 Å². The van der Waals surface area contributed by atoms with E-state index in [1.54, 1.807) is 25.1 Å². The number of aromatic nitrogens is 3. The Hall–Kier alpha value is -3.42. The maximum atomic E-state index is 12.6. The molecule has 1 N–H and O–H groups in total. The molecule has 0 saturated carbocycles. The second-order valence-electron chi connectivity index (χ2n) is 8.62. The van der Waals surface area contributed by atoms with E-state index >= 15 is 0 Å². The van der Waals surface area contributed by atoms with Gasteiger partial charge in [0.2, 0.25) is 5.91 Å². The van der Waals surface area contributed by atoms with Gasteiger partial charge in [0.15, 0.2) is 17.2 Å². The second-order valence-corrected chi connectivity index (χ2v) is 8.62. The van der Waals surface area contributed by atoms with Crippen LogP contribution in [-0.4, -0.2) is 27.8 Å². The van der Waals surface area contributed by atoms with Crippen LogP contribution in [0.15, 0.2) is 39.6 Å². The van der Waals surface area contributed by atoms with Crippen LogP contribution in [0.4, 0.5) is 5.69 Å². The SMILES string of the molecule is COc1cc(=O)n(CC(=O)Nc2ccc3oc(C)nc3c2)nc1C1=CCC(C)(C)CC1. The van der Waals surface area contributed by atoms with Crippen molar-refractivity contribution in [3.63, 3.8) is 0 Å². The zero-order valence-electron chi connectivity index (χ0n) is 18.2. The van der Waals surface area contributed by atoms with Crippen LogP contribution < -0.4 is 15.6 Å². The fourth-order valence-corrected chi connectivity index (χ4v) is 3.71. The molecule has 0 aliphatic heterocycles. The molecule has 1 aromatic carbocycles. The molecule has 2 aromatic heterocycles. The number of nitrogens with one attached hydrogen (secondary N) is 1. The highest BCUT2D eigenvalue weighted by atomic mass is 16.5. The van der Waals surface area contributed by atoms with Crippen molar-refractivity contribution in [1.29, 1.82) is 0 Å². The van der Waals surface area contributed by atoms with Crippen LogP contribution >= 0.6 is 0 Å². The Labute approximate surface area is 179 Å². The number of benzene rings is 1. The maximum Gasteiger partial charge on any atom is 0.270 e. The van der Waals surface area contributed by atoms with Crippen LogP contribution in [0.5, 0.6) is 5.75 Å². The Morgan fingerprint density at radius 1 is 1.32 bits per heavy atom. The molecular weight excluding hydrogens is 396 g/mol. The van der Waals surface area contributed by atoms with Gasteiger partial charge in [0, 0.05) is 18.7 Å². The summed E-state index contributed by atoms with van der Waals surface area (Å²) in [5, 5.41) is 7.26. The van der Waals surface area contributed by atoms with Crippen LogP contribution in [0.2, 0.25) is 0 Å². The Morgan fingerprint density at radius 2 is 2.13 bits per heavy atom. The van der Waals surface area contributed by atoms with Crippen molar-refractivity contribution in [2.45, 2.75) is 46.6 Å². The van der Waals surface area contributed by atoms with Crippen molar-refractivity contribution in [3.05, 3.63) is 52.3 Å². The molecule has 0 spiro atoms. The van der Waals surface area contributed by atoms with E-state index < -0.39 is 5.56 Å². The molecule has 0 bridgehead atoms. The number of oxazole rings is 1. The molecule has 162 valence electrons. The number of anilines is 1. The lowest BCUT2D eigenvalue weighted by molar-refractivity contribution is -0.117. The molecule has 3 aromatic rings. The molecule has 1 aliphatic rings. The summed E-state index contributed by atoms with van der Waals surface area (Å²) in [5.41, 5.74) is 3.39. The lowest BCUT2D eigenvalue weighted by atomic mass is 9.78. The number of hydrogen-bond donors (Lipinski definition) is 1. The van der Waals surface area contributed by atoms with Gasteiger partial charge < -0.3 is 14.5 Å². The zero-order valence-corrected chi connectivity index (χ0v) is 18.2. The van der Waals surface area contributed by atoms with E-state index in [-0.39, 0.29) is 17.9 Å². The van der Waals surface area contributed by atoms with Crippen LogP contribution in [-0.2, 0) is 11.3 Å². The fourth-order valence-electron chi connectivity index (χ4n) is 3.71. The van der Waals surface area contributed by atoms with E-state index in [0.717, 1.165) is 24.8 Å². The highest BCUT2D eigenvalue weighted by Gasteiger charge is 2.25. The molecule has 0 radical (unpaired) electrons. The molecule has 4 rings (SSSR count). The number of allylic oxidation sites excluding steroid dienone is 2. The monoisotopic (exact) mass is 422 g/mol. The van der Waals surface area contributed by atoms with Crippen LogP contribution in [0.3, 0.4) is 0 Å². The standard InChI is InChI=1S/C23H26N4O4/c1-14-24-17-11-16(5-6-18(17)31-14)25-20(28)13-27-21(29)12-19(30-4)22(26-27)15-7-9-23(2,3)10-8-15/h5-7,11-12H,8-10,13H2,1-4H3,(H,25,28). The fraction of sp³-hybridized carbons (Fsp3) is 0.391. The Kier molecular flexibility index (Phi) is 5.39. The molecule has 0 atom stereocenters. The number of aryl methyl sites for hydroxylation is 1. The third kappa shape index (κ3) is 4.52. The molecule has 8 nitrogen and oxygen atoms in total. The number of carbonyl (C=O) groups excluding carboxylic acids is 1. The molecule has 0 fully saturated rings. The Morgan fingerprint density at radius 3 is 2.84 bits per heavy atom. The summed E-state index contributed by atoms with van der Waals surface area (Å²) in [5.74, 6) is 0.629. The molecule has 1 amide bonds. The number of rotatable bonds is 5. The van der Waals surface area contributed by atoms with E-state index in [2.05, 4.69) is 35.3 Å². The predicted molar refractivity (Wildman–Crippen MR) is 118 cm³/mol. The van der Waals surface area contributed by atoms with Crippen LogP contribution in [0, 0.1) is 12.3 Å². The normalized spacial score (nSPS) is 15.5. The average molecular weight is 422 g/mol. The van der Waals surface area contributed by atoms with E-state index in [1.807, 2.05) is 0 Å². The minimum absolute atomic E-state index is 0.204. The van der Waals surface area contributed by atoms with Crippen molar-refractivity contribution in [2.75, 3.05) is 12.4 Å². The molecular formula is C23H26N4O4. The summed E-state index contributed by atoms with van der Waals surface area (Å²) in [7, 11) is 1.52. The van der Waals surface area contributed by atoms with Gasteiger partial charge in [-0.1, -0.05) is 19.9 Å². The summed E-state index contributed by atoms with van der Waals surface area (Å²) in [6.07, 6.45) is 4.94. The van der Waals surface area contributed by atoms with Gasteiger partial charge in [0.25, 0.3) is 5.56 Å². The lowest BCUT2D eigenvalue weighted by Crippen LogP contribution is -2.30. The largest absolute Gasteiger partial charge is 0.494 e. The van der Waals surface area contributed by atoms with Gasteiger partial charge in [-0.2, -0.15) is 5.10 Å². The molecule has 1 aliphatic carbocycles. The van der Waals surface area contributed by atoms with E-state index in [0.29, 0.717) is 34.1 Å². The van der Waals surface area contributed by atoms with Crippen molar-refractivity contribution in [3.8, 4) is 5.75 Å². The third-order valence-corrected chi connectivity index (χ3v) is 5.53. The van der Waals surface area contributed by atoms with Crippen molar-refractivity contribution in [2.24, 2.45) is 5.41 Å². The quantitative estimate of drug-likeness (QED) is 0.669. The maximum absolute atomic E-state index is 12.6. The first-order valence-electron chi connectivity index (χ1n) is 10.3. The summed E-state index contributed by atoms with van der Waals surface area (Å²) in [4.78, 5) is 29.4. The smallest absolute Gasteiger partial charge is 0.270 e. The molecule has 8 heteroatoms. The van der Waals surface area contributed by atoms with Crippen molar-refractivity contribution >= 4 is 28.3 Å². The first-order chi connectivity index (χ1) is 14.7. The topological polar surface area (TPSA) is 99.2 Å². The number of methoxy groups -OCH3 is 1. The van der Waals surface area contributed by atoms with E-state index in [1.165, 1.54) is 17.9 Å². The van der Waals surface area contributed by atoms with Gasteiger partial charge >= 0.3 is 0 Å². The van der Waals surface area contributed by atoms with Crippen molar-refractivity contribution < 1.29 is 13.9 Å². The minimum Gasteiger partial charge on any atom is -0.494 e. The summed E-state index contributed by atoms with van der Waals surface area (Å²) < 4.78 is 12.0. The number of amides is 1. The number of ether oxygens (including phenoxy) is 1. The highest BCUT2D eigenvalue weighted by Crippen LogP contribution is 2.39. The van der Waals surface area contributed by atoms with E-state index in [4.69, 9.17) is 9.15 Å². The number of carbonyl (C=O) groups is 1. The van der Waals surface area contributed by atoms with Crippen molar-refractivity contribution in [1.82, 2.24) is 14.8 Å². The van der Waals surface area contributed by atoms with Gasteiger partial charge in [-0.3, -0.25) is 9.59 Å². The molecule has 31 heavy (non-hydrogen) atoms. The van der Waals surface area contributed by atoms with Crippen LogP contribution in [0.1, 0.15) is 44.7 Å². The predicted octanol–water partition coefficient (Wildman–Crippen LogP) is 3.93. The lowest BCUT2D eigenvalue weighted by Gasteiger charge is -2.28. The second kappa shape index (κ2) is 8.02. The molecule has 2 heterocycles. The van der Waals surface area contributed by atoms with Gasteiger partial charge in [0.05, 0.1) is 7.11 Å². The Balaban J connectivity index is 1.56. The highest BCUT2D eigenvalue weighted by molar-refractivity contribution is 5.92. The van der Waals surface area contributed by atoms with Gasteiger partial charge in [-0.25, -0.2) is 9.67 Å². The van der Waals surface area contributed by atoms with Gasteiger partial charge in [0.1, 0.15) is 17.8 Å². The van der Waals surface area contributed by atoms with Crippen LogP contribution in [0.25, 0.3) is 16.7 Å². The first kappa shape index (κ1) is 20.8. The Bertz CT molecular complexity index is 1240. The summed E-state index contributed by atoms with van der Waals surface area (Å²) >= 11 is 0. The third-order valence-electron chi connectivity index (χ3n) is 5.53. The van der Waals surface area contributed by atoms with E-state index in [9.17, 15) is 9.59 Å². The molecule has 0 saturated heterocycles. The summed E-state index contributed by atoms with van der Waals surface area (Å²) in [6.45, 7) is 6.02. The zero-order chi connectivity index (χ0) is 22.2. The minimum atomic E-state index is -0.393. The average Bonchev–Trinajstić information content (AvgIpc) is 3.08. The first-order valence-corrected chi connectivity index (χ1v) is 10.3. The number of nitrogens with zero attached hydrogens (tertiary/aromatic N) is 3. The number of hydrogen-bond acceptors (Lipinski definition) is 6. The number of fused-ring (bicyclic) bond motifs is 1. The molecule has 0 unspecified atom stereocenters. The summed E-state index contributed by atoms with van der Waals surface area (Å²) in [6, 6.07) is 6.60. The van der Waals surface area contributed by atoms with Gasteiger partial charge in [-0.15, -0.1) is 0 Å².